The van der Waals surface area contributed by atoms with Crippen molar-refractivity contribution < 1.29 is 17.9 Å². The lowest BCUT2D eigenvalue weighted by atomic mass is 9.87. The summed E-state index contributed by atoms with van der Waals surface area (Å²) >= 11 is 6.24. The smallest absolute Gasteiger partial charge is 0.224 e. The SMILES string of the molecule is CC.CS(=O)(=O)C1(c2nc(Cl)nc3c2CCC2COCCN32)CCOCC1. The molecule has 0 N–H and O–H groups in total. The van der Waals surface area contributed by atoms with Crippen molar-refractivity contribution >= 4 is 27.3 Å². The second-order valence-corrected chi connectivity index (χ2v) is 9.65. The first kappa shape index (κ1) is 20.8. The molecule has 0 aliphatic carbocycles. The molecule has 3 aliphatic rings. The van der Waals surface area contributed by atoms with Crippen LogP contribution in [0.1, 0.15) is 44.4 Å². The zero-order valence-corrected chi connectivity index (χ0v) is 17.8. The molecule has 0 radical (unpaired) electrons. The maximum Gasteiger partial charge on any atom is 0.224 e. The Bertz CT molecular complexity index is 781. The normalized spacial score (nSPS) is 24.3. The lowest BCUT2D eigenvalue weighted by molar-refractivity contribution is 0.0724. The maximum absolute atomic E-state index is 12.8. The van der Waals surface area contributed by atoms with Crippen LogP contribution in [0.15, 0.2) is 0 Å². The highest BCUT2D eigenvalue weighted by Crippen LogP contribution is 2.44. The van der Waals surface area contributed by atoms with Crippen molar-refractivity contribution in [2.45, 2.75) is 50.3 Å². The van der Waals surface area contributed by atoms with Gasteiger partial charge in [-0.15, -0.1) is 0 Å². The van der Waals surface area contributed by atoms with Gasteiger partial charge < -0.3 is 14.4 Å². The molecule has 152 valence electrons. The molecule has 0 saturated carbocycles. The van der Waals surface area contributed by atoms with Crippen LogP contribution < -0.4 is 4.90 Å². The molecule has 0 spiro atoms. The van der Waals surface area contributed by atoms with E-state index in [1.807, 2.05) is 13.8 Å². The van der Waals surface area contributed by atoms with Gasteiger partial charge in [-0.2, -0.15) is 0 Å². The van der Waals surface area contributed by atoms with Crippen LogP contribution in [-0.4, -0.2) is 63.7 Å². The number of ether oxygens (including phenoxy) is 2. The van der Waals surface area contributed by atoms with Gasteiger partial charge >= 0.3 is 0 Å². The Morgan fingerprint density at radius 2 is 1.85 bits per heavy atom. The lowest BCUT2D eigenvalue weighted by Crippen LogP contribution is -2.50. The van der Waals surface area contributed by atoms with Crippen molar-refractivity contribution in [2.24, 2.45) is 0 Å². The minimum absolute atomic E-state index is 0.107. The highest BCUT2D eigenvalue weighted by atomic mass is 35.5. The summed E-state index contributed by atoms with van der Waals surface area (Å²) in [7, 11) is -3.39. The quantitative estimate of drug-likeness (QED) is 0.683. The van der Waals surface area contributed by atoms with Crippen LogP contribution in [0.5, 0.6) is 0 Å². The molecule has 4 rings (SSSR count). The van der Waals surface area contributed by atoms with E-state index >= 15 is 0 Å². The molecular formula is C18H28ClN3O4S. The van der Waals surface area contributed by atoms with Gasteiger partial charge in [0.1, 0.15) is 10.6 Å². The fraction of sp³-hybridized carbons (Fsp3) is 0.778. The molecule has 1 aromatic rings. The van der Waals surface area contributed by atoms with E-state index in [0.29, 0.717) is 45.0 Å². The number of anilines is 1. The number of morpholine rings is 1. The molecule has 0 amide bonds. The second kappa shape index (κ2) is 8.19. The monoisotopic (exact) mass is 417 g/mol. The zero-order chi connectivity index (χ0) is 19.7. The van der Waals surface area contributed by atoms with E-state index in [9.17, 15) is 8.42 Å². The minimum atomic E-state index is -3.39. The Balaban J connectivity index is 0.00000102. The fourth-order valence-electron chi connectivity index (χ4n) is 4.26. The van der Waals surface area contributed by atoms with Crippen molar-refractivity contribution in [2.75, 3.05) is 44.1 Å². The molecule has 4 heterocycles. The van der Waals surface area contributed by atoms with Gasteiger partial charge in [-0.1, -0.05) is 13.8 Å². The van der Waals surface area contributed by atoms with Crippen molar-refractivity contribution in [1.29, 1.82) is 0 Å². The van der Waals surface area contributed by atoms with Gasteiger partial charge in [0.2, 0.25) is 5.28 Å². The molecule has 1 aromatic heterocycles. The minimum Gasteiger partial charge on any atom is -0.381 e. The summed E-state index contributed by atoms with van der Waals surface area (Å²) in [5.74, 6) is 0.782. The third kappa shape index (κ3) is 3.69. The van der Waals surface area contributed by atoms with Crippen LogP contribution in [0.3, 0.4) is 0 Å². The van der Waals surface area contributed by atoms with Crippen LogP contribution in [0.2, 0.25) is 5.28 Å². The van der Waals surface area contributed by atoms with E-state index in [0.717, 1.165) is 30.8 Å². The van der Waals surface area contributed by atoms with Gasteiger partial charge in [-0.05, 0) is 37.3 Å². The molecular weight excluding hydrogens is 390 g/mol. The maximum atomic E-state index is 12.8. The summed E-state index contributed by atoms with van der Waals surface area (Å²) in [5.41, 5.74) is 1.51. The number of rotatable bonds is 2. The van der Waals surface area contributed by atoms with Crippen LogP contribution in [0.4, 0.5) is 5.82 Å². The first-order valence-corrected chi connectivity index (χ1v) is 11.9. The molecule has 1 unspecified atom stereocenters. The van der Waals surface area contributed by atoms with Gasteiger partial charge in [0.25, 0.3) is 0 Å². The van der Waals surface area contributed by atoms with E-state index in [1.165, 1.54) is 6.26 Å². The fourth-order valence-corrected chi connectivity index (χ4v) is 5.85. The number of halogens is 1. The first-order valence-electron chi connectivity index (χ1n) is 9.61. The number of hydrogen-bond donors (Lipinski definition) is 0. The van der Waals surface area contributed by atoms with Gasteiger partial charge in [-0.25, -0.2) is 18.4 Å². The largest absolute Gasteiger partial charge is 0.381 e. The summed E-state index contributed by atoms with van der Waals surface area (Å²) in [6.45, 7) is 6.85. The van der Waals surface area contributed by atoms with Crippen molar-refractivity contribution in [3.05, 3.63) is 16.5 Å². The van der Waals surface area contributed by atoms with E-state index in [1.54, 1.807) is 0 Å². The summed E-state index contributed by atoms with van der Waals surface area (Å²) in [6.07, 6.45) is 3.74. The molecule has 9 heteroatoms. The lowest BCUT2D eigenvalue weighted by Gasteiger charge is -2.43. The molecule has 0 bridgehead atoms. The van der Waals surface area contributed by atoms with Gasteiger partial charge in [0.05, 0.1) is 24.9 Å². The molecule has 7 nitrogen and oxygen atoms in total. The number of fused-ring (bicyclic) bond motifs is 3. The summed E-state index contributed by atoms with van der Waals surface area (Å²) < 4.78 is 35.6. The Morgan fingerprint density at radius 1 is 1.15 bits per heavy atom. The third-order valence-electron chi connectivity index (χ3n) is 5.63. The van der Waals surface area contributed by atoms with Gasteiger partial charge in [0.15, 0.2) is 9.84 Å². The molecule has 0 aromatic carbocycles. The van der Waals surface area contributed by atoms with Gasteiger partial charge in [-0.3, -0.25) is 0 Å². The first-order chi connectivity index (χ1) is 12.9. The predicted octanol–water partition coefficient (Wildman–Crippen LogP) is 2.36. The standard InChI is InChI=1S/C16H22ClN3O4S.C2H6/c1-25(21,22)16(4-7-23-8-5-16)13-12-3-2-11-10-24-9-6-20(11)14(12)19-15(17)18-13;1-2/h11H,2-10H2,1H3;1-2H3. The molecule has 3 aliphatic heterocycles. The average molecular weight is 418 g/mol. The molecule has 2 fully saturated rings. The van der Waals surface area contributed by atoms with E-state index in [2.05, 4.69) is 14.9 Å². The third-order valence-corrected chi connectivity index (χ3v) is 7.82. The number of nitrogens with zero attached hydrogens (tertiary/aromatic N) is 3. The highest BCUT2D eigenvalue weighted by molar-refractivity contribution is 7.91. The van der Waals surface area contributed by atoms with Crippen molar-refractivity contribution in [1.82, 2.24) is 9.97 Å². The second-order valence-electron chi connectivity index (χ2n) is 6.98. The Morgan fingerprint density at radius 3 is 2.52 bits per heavy atom. The Kier molecular flexibility index (Phi) is 6.30. The van der Waals surface area contributed by atoms with E-state index < -0.39 is 14.6 Å². The summed E-state index contributed by atoms with van der Waals surface area (Å²) in [6, 6.07) is 0.268. The molecule has 1 atom stereocenters. The van der Waals surface area contributed by atoms with Crippen molar-refractivity contribution in [3.8, 4) is 0 Å². The highest BCUT2D eigenvalue weighted by Gasteiger charge is 2.48. The van der Waals surface area contributed by atoms with Crippen LogP contribution in [-0.2, 0) is 30.5 Å². The Hall–Kier alpha value is -0.960. The Labute approximate surface area is 166 Å². The van der Waals surface area contributed by atoms with Gasteiger partial charge in [0, 0.05) is 31.6 Å². The van der Waals surface area contributed by atoms with Crippen LogP contribution in [0, 0.1) is 0 Å². The predicted molar refractivity (Wildman–Crippen MR) is 105 cm³/mol. The average Bonchev–Trinajstić information content (AvgIpc) is 2.68. The van der Waals surface area contributed by atoms with E-state index in [4.69, 9.17) is 21.1 Å². The van der Waals surface area contributed by atoms with Crippen molar-refractivity contribution in [3.63, 3.8) is 0 Å². The topological polar surface area (TPSA) is 81.6 Å². The number of sulfone groups is 1. The van der Waals surface area contributed by atoms with E-state index in [-0.39, 0.29) is 11.3 Å². The molecule has 2 saturated heterocycles. The van der Waals surface area contributed by atoms with Crippen LogP contribution in [0.25, 0.3) is 0 Å². The summed E-state index contributed by atoms with van der Waals surface area (Å²) in [4.78, 5) is 11.1. The summed E-state index contributed by atoms with van der Waals surface area (Å²) in [5, 5.41) is 0.107. The molecule has 27 heavy (non-hydrogen) atoms. The number of hydrogen-bond acceptors (Lipinski definition) is 7. The van der Waals surface area contributed by atoms with Crippen LogP contribution >= 0.6 is 11.6 Å². The zero-order valence-electron chi connectivity index (χ0n) is 16.2. The number of aromatic nitrogens is 2.